The Balaban J connectivity index is 1.35. The fourth-order valence-corrected chi connectivity index (χ4v) is 5.84. The maximum absolute atomic E-state index is 6.81. The number of hydrogen-bond donors (Lipinski definition) is 0. The van der Waals surface area contributed by atoms with Crippen LogP contribution in [0.15, 0.2) is 140 Å². The largest absolute Gasteiger partial charge is 0.497 e. The van der Waals surface area contributed by atoms with Crippen molar-refractivity contribution in [2.75, 3.05) is 20.8 Å². The highest BCUT2D eigenvalue weighted by atomic mass is 16.7. The molecule has 0 unspecified atom stereocenters. The van der Waals surface area contributed by atoms with Crippen LogP contribution in [0.3, 0.4) is 0 Å². The summed E-state index contributed by atoms with van der Waals surface area (Å²) in [6.45, 7) is 1.62. The van der Waals surface area contributed by atoms with E-state index in [0.29, 0.717) is 43.7 Å². The Hall–Kier alpha value is -4.70. The molecule has 0 aliphatic carbocycles. The summed E-state index contributed by atoms with van der Waals surface area (Å²) >= 11 is 0. The Labute approximate surface area is 294 Å². The molecule has 50 heavy (non-hydrogen) atoms. The molecule has 8 heteroatoms. The monoisotopic (exact) mass is 676 g/mol. The minimum absolute atomic E-state index is 0.227. The van der Waals surface area contributed by atoms with Crippen LogP contribution in [-0.2, 0) is 50.1 Å². The van der Waals surface area contributed by atoms with Crippen LogP contribution >= 0.6 is 0 Å². The maximum Gasteiger partial charge on any atom is 0.229 e. The van der Waals surface area contributed by atoms with Crippen LogP contribution < -0.4 is 14.2 Å². The lowest BCUT2D eigenvalue weighted by molar-refractivity contribution is -0.310. The molecule has 6 rings (SSSR count). The molecule has 0 spiro atoms. The van der Waals surface area contributed by atoms with Crippen LogP contribution in [0.4, 0.5) is 0 Å². The summed E-state index contributed by atoms with van der Waals surface area (Å²) in [5.41, 5.74) is 4.11. The van der Waals surface area contributed by atoms with Gasteiger partial charge in [-0.15, -0.1) is 0 Å². The van der Waals surface area contributed by atoms with E-state index in [2.05, 4.69) is 0 Å². The number of hydrogen-bond acceptors (Lipinski definition) is 8. The van der Waals surface area contributed by atoms with Gasteiger partial charge in [-0.25, -0.2) is 0 Å². The molecule has 0 saturated carbocycles. The van der Waals surface area contributed by atoms with E-state index in [1.165, 1.54) is 0 Å². The van der Waals surface area contributed by atoms with Crippen LogP contribution in [0.1, 0.15) is 22.3 Å². The minimum atomic E-state index is -0.913. The zero-order chi connectivity index (χ0) is 34.4. The molecule has 1 aliphatic heterocycles. The Morgan fingerprint density at radius 1 is 0.480 bits per heavy atom. The normalized spacial score (nSPS) is 20.2. The topological polar surface area (TPSA) is 73.8 Å². The zero-order valence-corrected chi connectivity index (χ0v) is 28.5. The van der Waals surface area contributed by atoms with E-state index < -0.39 is 30.7 Å². The van der Waals surface area contributed by atoms with Gasteiger partial charge in [0, 0.05) is 6.07 Å². The molecule has 0 N–H and O–H groups in total. The van der Waals surface area contributed by atoms with Crippen LogP contribution in [0.25, 0.3) is 0 Å². The van der Waals surface area contributed by atoms with Gasteiger partial charge in [-0.1, -0.05) is 121 Å². The van der Waals surface area contributed by atoms with Gasteiger partial charge >= 0.3 is 0 Å². The summed E-state index contributed by atoms with van der Waals surface area (Å²) < 4.78 is 51.1. The first-order valence-corrected chi connectivity index (χ1v) is 16.8. The second-order valence-corrected chi connectivity index (χ2v) is 12.0. The highest BCUT2D eigenvalue weighted by Gasteiger charge is 2.50. The lowest BCUT2D eigenvalue weighted by atomic mass is 9.97. The van der Waals surface area contributed by atoms with Gasteiger partial charge in [-0.05, 0) is 34.4 Å². The second-order valence-electron chi connectivity index (χ2n) is 12.0. The summed E-state index contributed by atoms with van der Waals surface area (Å²) in [6.07, 6.45) is -3.39. The molecular formula is C42H44O8. The van der Waals surface area contributed by atoms with Crippen LogP contribution in [0.2, 0.25) is 0 Å². The van der Waals surface area contributed by atoms with Gasteiger partial charge in [0.15, 0.2) is 11.5 Å². The fraction of sp³-hybridized carbons (Fsp3) is 0.286. The highest BCUT2D eigenvalue weighted by Crippen LogP contribution is 2.37. The SMILES string of the molecule is COc1ccc(O[C@@H]2O[C@H](COCc3ccccc3)[C@@H](OCc3ccccc3)[C@H](OCc3ccccc3)[C@H]2OCc2ccccc2)c(OC)c1. The van der Waals surface area contributed by atoms with Crippen molar-refractivity contribution in [2.24, 2.45) is 0 Å². The van der Waals surface area contributed by atoms with E-state index in [0.717, 1.165) is 22.3 Å². The molecule has 1 fully saturated rings. The molecule has 5 aromatic rings. The van der Waals surface area contributed by atoms with E-state index >= 15 is 0 Å². The van der Waals surface area contributed by atoms with Crippen LogP contribution in [0.5, 0.6) is 17.2 Å². The molecule has 0 bridgehead atoms. The third kappa shape index (κ3) is 9.72. The number of ether oxygens (including phenoxy) is 8. The first-order chi connectivity index (χ1) is 24.7. The minimum Gasteiger partial charge on any atom is -0.497 e. The van der Waals surface area contributed by atoms with Gasteiger partial charge in [-0.3, -0.25) is 0 Å². The second kappa shape index (κ2) is 18.3. The van der Waals surface area contributed by atoms with Gasteiger partial charge in [-0.2, -0.15) is 0 Å². The smallest absolute Gasteiger partial charge is 0.229 e. The van der Waals surface area contributed by atoms with Gasteiger partial charge in [0.25, 0.3) is 0 Å². The van der Waals surface area contributed by atoms with E-state index in [1.807, 2.05) is 127 Å². The molecule has 8 nitrogen and oxygen atoms in total. The van der Waals surface area contributed by atoms with Crippen molar-refractivity contribution >= 4 is 0 Å². The molecule has 0 amide bonds. The van der Waals surface area contributed by atoms with Crippen molar-refractivity contribution in [1.29, 1.82) is 0 Å². The van der Waals surface area contributed by atoms with Gasteiger partial charge in [0.1, 0.15) is 30.2 Å². The molecule has 1 aliphatic rings. The molecule has 260 valence electrons. The molecule has 5 aromatic carbocycles. The average molecular weight is 677 g/mol. The first-order valence-electron chi connectivity index (χ1n) is 16.8. The quantitative estimate of drug-likeness (QED) is 0.0989. The Bertz CT molecular complexity index is 1690. The van der Waals surface area contributed by atoms with E-state index in [1.54, 1.807) is 26.4 Å². The van der Waals surface area contributed by atoms with Crippen molar-refractivity contribution in [1.82, 2.24) is 0 Å². The van der Waals surface area contributed by atoms with Gasteiger partial charge in [0.2, 0.25) is 6.29 Å². The van der Waals surface area contributed by atoms with Crippen LogP contribution in [0, 0.1) is 0 Å². The Morgan fingerprint density at radius 2 is 0.960 bits per heavy atom. The summed E-state index contributed by atoms with van der Waals surface area (Å²) in [5.74, 6) is 1.61. The molecule has 0 aromatic heterocycles. The lowest BCUT2D eigenvalue weighted by Gasteiger charge is -2.45. The third-order valence-electron chi connectivity index (χ3n) is 8.45. The van der Waals surface area contributed by atoms with Crippen molar-refractivity contribution in [3.63, 3.8) is 0 Å². The summed E-state index contributed by atoms with van der Waals surface area (Å²) in [4.78, 5) is 0. The molecule has 0 radical (unpaired) electrons. The maximum atomic E-state index is 6.81. The van der Waals surface area contributed by atoms with Crippen LogP contribution in [-0.4, -0.2) is 51.5 Å². The van der Waals surface area contributed by atoms with E-state index in [-0.39, 0.29) is 6.61 Å². The van der Waals surface area contributed by atoms with Crippen molar-refractivity contribution in [2.45, 2.75) is 57.1 Å². The van der Waals surface area contributed by atoms with Gasteiger partial charge in [0.05, 0.1) is 47.3 Å². The van der Waals surface area contributed by atoms with E-state index in [4.69, 9.17) is 37.9 Å². The molecule has 1 heterocycles. The summed E-state index contributed by atoms with van der Waals surface area (Å²) in [5, 5.41) is 0. The first kappa shape index (κ1) is 35.1. The summed E-state index contributed by atoms with van der Waals surface area (Å²) in [6, 6.07) is 45.6. The van der Waals surface area contributed by atoms with Crippen molar-refractivity contribution in [3.05, 3.63) is 162 Å². The van der Waals surface area contributed by atoms with Crippen molar-refractivity contribution < 1.29 is 37.9 Å². The predicted octanol–water partition coefficient (Wildman–Crippen LogP) is 7.78. The molecular weight excluding hydrogens is 632 g/mol. The fourth-order valence-electron chi connectivity index (χ4n) is 5.84. The van der Waals surface area contributed by atoms with E-state index in [9.17, 15) is 0 Å². The molecule has 5 atom stereocenters. The Kier molecular flexibility index (Phi) is 12.9. The third-order valence-corrected chi connectivity index (χ3v) is 8.45. The van der Waals surface area contributed by atoms with Gasteiger partial charge < -0.3 is 37.9 Å². The lowest BCUT2D eigenvalue weighted by Crippen LogP contribution is -2.62. The number of benzene rings is 5. The van der Waals surface area contributed by atoms with Crippen molar-refractivity contribution in [3.8, 4) is 17.2 Å². The summed E-state index contributed by atoms with van der Waals surface area (Å²) in [7, 11) is 3.20. The highest BCUT2D eigenvalue weighted by molar-refractivity contribution is 5.45. The average Bonchev–Trinajstić information content (AvgIpc) is 3.18. The predicted molar refractivity (Wildman–Crippen MR) is 190 cm³/mol. The Morgan fingerprint density at radius 3 is 1.46 bits per heavy atom. The zero-order valence-electron chi connectivity index (χ0n) is 28.5. The molecule has 1 saturated heterocycles. The number of methoxy groups -OCH3 is 2. The number of rotatable bonds is 17. The standard InChI is InChI=1S/C42H44O8/c1-43-35-23-24-36(37(25-35)44-2)49-42-41(48-29-34-21-13-6-14-22-34)40(47-28-33-19-11-5-12-20-33)39(46-27-32-17-9-4-10-18-32)38(50-42)30-45-26-31-15-7-3-8-16-31/h3-25,38-42H,26-30H2,1-2H3/t38-,39-,40+,41-,42-/m1/s1.